The average Bonchev–Trinajstić information content (AvgIpc) is 3.59. The highest BCUT2D eigenvalue weighted by atomic mass is 16.6. The van der Waals surface area contributed by atoms with Gasteiger partial charge in [-0.25, -0.2) is 0 Å². The van der Waals surface area contributed by atoms with Crippen LogP contribution in [0.5, 0.6) is 0 Å². The Balaban J connectivity index is 2.18. The van der Waals surface area contributed by atoms with Crippen molar-refractivity contribution in [1.82, 2.24) is 0 Å². The fraction of sp³-hybridized carbons (Fsp3) is 0.733. The van der Waals surface area contributed by atoms with Crippen molar-refractivity contribution in [1.29, 1.82) is 0 Å². The summed E-state index contributed by atoms with van der Waals surface area (Å²) in [6, 6.07) is 0. The number of carbonyl (C=O) groups is 2. The fourth-order valence-electron chi connectivity index (χ4n) is 4.98. The van der Waals surface area contributed by atoms with Gasteiger partial charge in [0.2, 0.25) is 0 Å². The molecule has 222 valence electrons. The first-order valence-electron chi connectivity index (χ1n) is 13.9. The molecule has 0 spiro atoms. The van der Waals surface area contributed by atoms with Crippen molar-refractivity contribution < 1.29 is 44.2 Å². The Morgan fingerprint density at radius 3 is 2.62 bits per heavy atom. The van der Waals surface area contributed by atoms with Crippen LogP contribution < -0.4 is 0 Å². The minimum Gasteiger partial charge on any atom is -0.457 e. The van der Waals surface area contributed by atoms with Gasteiger partial charge in [0, 0.05) is 25.2 Å². The van der Waals surface area contributed by atoms with Gasteiger partial charge in [0.15, 0.2) is 0 Å². The predicted octanol–water partition coefficient (Wildman–Crippen LogP) is 3.14. The molecule has 10 atom stereocenters. The molecule has 0 amide bonds. The molecule has 0 aromatic heterocycles. The lowest BCUT2D eigenvalue weighted by molar-refractivity contribution is -0.157. The number of hydrogen-bond donors (Lipinski definition) is 4. The van der Waals surface area contributed by atoms with Crippen LogP contribution in [0.15, 0.2) is 36.0 Å². The normalized spacial score (nSPS) is 36.6. The van der Waals surface area contributed by atoms with E-state index in [1.165, 1.54) is 13.8 Å². The van der Waals surface area contributed by atoms with Crippen LogP contribution in [0.4, 0.5) is 0 Å². The van der Waals surface area contributed by atoms with Crippen molar-refractivity contribution in [3.8, 4) is 0 Å². The Hall–Kier alpha value is -2.04. The molecular formula is C30H48O9. The smallest absolute Gasteiger partial charge is 0.309 e. The van der Waals surface area contributed by atoms with E-state index < -0.39 is 47.6 Å². The van der Waals surface area contributed by atoms with Gasteiger partial charge < -0.3 is 34.6 Å². The van der Waals surface area contributed by atoms with Crippen LogP contribution >= 0.6 is 0 Å². The number of cyclic esters (lactones) is 1. The summed E-state index contributed by atoms with van der Waals surface area (Å²) in [6.07, 6.45) is 6.23. The van der Waals surface area contributed by atoms with Gasteiger partial charge in [0.25, 0.3) is 0 Å². The number of aliphatic hydroxyl groups excluding tert-OH is 2. The maximum atomic E-state index is 12.6. The molecule has 1 unspecified atom stereocenters. The minimum atomic E-state index is -1.43. The van der Waals surface area contributed by atoms with Gasteiger partial charge in [-0.1, -0.05) is 45.1 Å². The van der Waals surface area contributed by atoms with Gasteiger partial charge in [0.1, 0.15) is 17.8 Å². The molecule has 0 aliphatic carbocycles. The first-order chi connectivity index (χ1) is 18.1. The second-order valence-electron chi connectivity index (χ2n) is 11.7. The molecule has 9 nitrogen and oxygen atoms in total. The molecule has 2 aliphatic heterocycles. The van der Waals surface area contributed by atoms with Gasteiger partial charge in [-0.3, -0.25) is 9.59 Å². The Labute approximate surface area is 232 Å². The summed E-state index contributed by atoms with van der Waals surface area (Å²) in [5, 5.41) is 42.2. The lowest BCUT2D eigenvalue weighted by Crippen LogP contribution is -2.42. The van der Waals surface area contributed by atoms with E-state index in [0.717, 1.165) is 0 Å². The van der Waals surface area contributed by atoms with E-state index >= 15 is 0 Å². The Kier molecular flexibility index (Phi) is 11.9. The van der Waals surface area contributed by atoms with Gasteiger partial charge in [-0.15, -0.1) is 0 Å². The highest BCUT2D eigenvalue weighted by Gasteiger charge is 2.47. The van der Waals surface area contributed by atoms with Crippen molar-refractivity contribution in [3.63, 3.8) is 0 Å². The van der Waals surface area contributed by atoms with Gasteiger partial charge in [-0.2, -0.15) is 0 Å². The molecule has 0 saturated carbocycles. The second kappa shape index (κ2) is 14.0. The van der Waals surface area contributed by atoms with Crippen LogP contribution in [0.1, 0.15) is 80.6 Å². The third-order valence-corrected chi connectivity index (χ3v) is 7.66. The first-order valence-corrected chi connectivity index (χ1v) is 13.9. The molecular weight excluding hydrogens is 504 g/mol. The summed E-state index contributed by atoms with van der Waals surface area (Å²) in [5.41, 5.74) is -1.87. The van der Waals surface area contributed by atoms with Gasteiger partial charge in [-0.05, 0) is 51.7 Å². The molecule has 1 saturated heterocycles. The molecule has 2 rings (SSSR count). The highest BCUT2D eigenvalue weighted by Crippen LogP contribution is 2.37. The molecule has 1 fully saturated rings. The minimum absolute atomic E-state index is 0.00472. The number of esters is 2. The van der Waals surface area contributed by atoms with Crippen LogP contribution in [0.3, 0.4) is 0 Å². The third-order valence-electron chi connectivity index (χ3n) is 7.66. The van der Waals surface area contributed by atoms with Crippen LogP contribution in [0, 0.1) is 11.8 Å². The number of ether oxygens (including phenoxy) is 3. The van der Waals surface area contributed by atoms with Gasteiger partial charge in [0.05, 0.1) is 36.4 Å². The Bertz CT molecular complexity index is 919. The van der Waals surface area contributed by atoms with Crippen molar-refractivity contribution in [2.45, 2.75) is 128 Å². The van der Waals surface area contributed by atoms with Crippen LogP contribution in [-0.4, -0.2) is 80.2 Å². The molecule has 0 bridgehead atoms. The van der Waals surface area contributed by atoms with E-state index in [4.69, 9.17) is 14.2 Å². The SMILES string of the molecule is CC[C@H](O)[C@@H](C)[C@H]1OC1C[C@@](C)(O)/C=C/C=C(\C)[C@H]1OC(=O)C[C@H](O)CC[C@@](C)(O)[C@@H](OC(C)=O)/C=C/[C@@H]1C. The van der Waals surface area contributed by atoms with E-state index in [1.54, 1.807) is 44.2 Å². The van der Waals surface area contributed by atoms with Gasteiger partial charge >= 0.3 is 11.9 Å². The zero-order valence-electron chi connectivity index (χ0n) is 24.4. The van der Waals surface area contributed by atoms with Crippen molar-refractivity contribution in [2.75, 3.05) is 0 Å². The number of allylic oxidation sites excluding steroid dienone is 2. The summed E-state index contributed by atoms with van der Waals surface area (Å²) in [4.78, 5) is 24.3. The predicted molar refractivity (Wildman–Crippen MR) is 146 cm³/mol. The van der Waals surface area contributed by atoms with E-state index in [1.807, 2.05) is 20.8 Å². The Morgan fingerprint density at radius 2 is 2.00 bits per heavy atom. The average molecular weight is 553 g/mol. The summed E-state index contributed by atoms with van der Waals surface area (Å²) in [5.74, 6) is -1.46. The maximum Gasteiger partial charge on any atom is 0.309 e. The molecule has 9 heteroatoms. The third kappa shape index (κ3) is 10.5. The molecule has 0 radical (unpaired) electrons. The quantitative estimate of drug-likeness (QED) is 0.147. The largest absolute Gasteiger partial charge is 0.457 e. The summed E-state index contributed by atoms with van der Waals surface area (Å²) in [6.45, 7) is 12.0. The zero-order valence-corrected chi connectivity index (χ0v) is 24.4. The van der Waals surface area contributed by atoms with E-state index in [9.17, 15) is 30.0 Å². The van der Waals surface area contributed by atoms with E-state index in [-0.39, 0.29) is 43.3 Å². The van der Waals surface area contributed by atoms with Crippen molar-refractivity contribution in [3.05, 3.63) is 36.0 Å². The number of aliphatic hydroxyl groups is 4. The number of hydrogen-bond acceptors (Lipinski definition) is 9. The number of carbonyl (C=O) groups excluding carboxylic acids is 2. The van der Waals surface area contributed by atoms with Crippen LogP contribution in [-0.2, 0) is 23.8 Å². The lowest BCUT2D eigenvalue weighted by atomic mass is 9.88. The highest BCUT2D eigenvalue weighted by molar-refractivity contribution is 5.70. The lowest BCUT2D eigenvalue weighted by Gasteiger charge is -2.32. The molecule has 2 heterocycles. The monoisotopic (exact) mass is 552 g/mol. The molecule has 0 aromatic rings. The zero-order chi connectivity index (χ0) is 29.5. The topological polar surface area (TPSA) is 146 Å². The molecule has 2 aliphatic rings. The molecule has 39 heavy (non-hydrogen) atoms. The first kappa shape index (κ1) is 33.2. The molecule has 4 N–H and O–H groups in total. The number of epoxide rings is 1. The van der Waals surface area contributed by atoms with E-state index in [0.29, 0.717) is 18.4 Å². The summed E-state index contributed by atoms with van der Waals surface area (Å²) in [7, 11) is 0. The van der Waals surface area contributed by atoms with E-state index in [2.05, 4.69) is 0 Å². The fourth-order valence-corrected chi connectivity index (χ4v) is 4.98. The standard InChI is InChI=1S/C30H48O9/c1-8-23(33)20(4)28-24(38-28)17-29(6,35)14-9-10-18(2)27-19(3)11-12-25(37-21(5)31)30(7,36)15-13-22(32)16-26(34)39-27/h9-12,14,19-20,22-25,27-28,32-33,35-36H,8,13,15-17H2,1-7H3/b12-11+,14-9+,18-10+/t19-,20+,22+,23-,24?,25-,27+,28+,29-,30+/m0/s1. The summed E-state index contributed by atoms with van der Waals surface area (Å²) < 4.78 is 16.8. The van der Waals surface area contributed by atoms with Crippen molar-refractivity contribution >= 4 is 11.9 Å². The van der Waals surface area contributed by atoms with Crippen LogP contribution in [0.25, 0.3) is 0 Å². The summed E-state index contributed by atoms with van der Waals surface area (Å²) >= 11 is 0. The Morgan fingerprint density at radius 1 is 1.33 bits per heavy atom. The van der Waals surface area contributed by atoms with Crippen LogP contribution in [0.2, 0.25) is 0 Å². The second-order valence-corrected chi connectivity index (χ2v) is 11.7. The number of rotatable bonds is 9. The van der Waals surface area contributed by atoms with Crippen molar-refractivity contribution in [2.24, 2.45) is 11.8 Å². The molecule has 0 aromatic carbocycles. The maximum absolute atomic E-state index is 12.6.